The minimum absolute atomic E-state index is 0.653. The van der Waals surface area contributed by atoms with Gasteiger partial charge in [0.15, 0.2) is 0 Å². The van der Waals surface area contributed by atoms with E-state index in [0.29, 0.717) is 0 Å². The quantitative estimate of drug-likeness (QED) is 0.274. The fraction of sp³-hybridized carbons (Fsp3) is 0. The summed E-state index contributed by atoms with van der Waals surface area (Å²) in [6.07, 6.45) is 0. The summed E-state index contributed by atoms with van der Waals surface area (Å²) >= 11 is 0. The average molecular weight is 99.1 g/mol. The van der Waals surface area contributed by atoms with Crippen molar-refractivity contribution in [2.45, 2.75) is 0 Å². The van der Waals surface area contributed by atoms with Crippen LogP contribution in [0, 0.1) is 11.3 Å². The van der Waals surface area contributed by atoms with Crippen LogP contribution in [0.25, 0.3) is 0 Å². The second-order valence-corrected chi connectivity index (χ2v) is 0.864. The van der Waals surface area contributed by atoms with E-state index in [1.54, 1.807) is 0 Å². The van der Waals surface area contributed by atoms with Gasteiger partial charge in [-0.05, 0) is 0 Å². The summed E-state index contributed by atoms with van der Waals surface area (Å²) in [5, 5.41) is 7.69. The molecule has 3 heteroatoms. The second-order valence-electron chi connectivity index (χ2n) is 0.864. The molecule has 0 saturated heterocycles. The molecule has 2 nitrogen and oxygen atoms in total. The SMILES string of the molecule is C=C(C#N)C(=O)F. The average Bonchev–Trinajstić information content (AvgIpc) is 1.65. The highest BCUT2D eigenvalue weighted by Gasteiger charge is 1.99. The van der Waals surface area contributed by atoms with E-state index in [1.807, 2.05) is 0 Å². The van der Waals surface area contributed by atoms with Gasteiger partial charge in [0.2, 0.25) is 0 Å². The van der Waals surface area contributed by atoms with Crippen LogP contribution < -0.4 is 0 Å². The molecule has 0 bridgehead atoms. The lowest BCUT2D eigenvalue weighted by atomic mass is 10.4. The highest BCUT2D eigenvalue weighted by Crippen LogP contribution is 1.87. The van der Waals surface area contributed by atoms with E-state index in [4.69, 9.17) is 5.26 Å². The molecule has 0 fully saturated rings. The molecule has 0 unspecified atom stereocenters. The fourth-order valence-corrected chi connectivity index (χ4v) is 0.0440. The number of halogens is 1. The van der Waals surface area contributed by atoms with E-state index in [-0.39, 0.29) is 0 Å². The molecule has 0 aromatic heterocycles. The van der Waals surface area contributed by atoms with Crippen molar-refractivity contribution in [1.29, 1.82) is 5.26 Å². The van der Waals surface area contributed by atoms with E-state index >= 15 is 0 Å². The molecule has 0 radical (unpaired) electrons. The lowest BCUT2D eigenvalue weighted by Gasteiger charge is -1.72. The number of rotatable bonds is 1. The normalized spacial score (nSPS) is 6.86. The van der Waals surface area contributed by atoms with Crippen LogP contribution in [0.3, 0.4) is 0 Å². The van der Waals surface area contributed by atoms with Gasteiger partial charge in [-0.3, -0.25) is 4.79 Å². The van der Waals surface area contributed by atoms with E-state index < -0.39 is 11.6 Å². The lowest BCUT2D eigenvalue weighted by Crippen LogP contribution is -1.86. The molecule has 0 aliphatic carbocycles. The van der Waals surface area contributed by atoms with E-state index in [9.17, 15) is 9.18 Å². The molecular weight excluding hydrogens is 97.0 g/mol. The van der Waals surface area contributed by atoms with Gasteiger partial charge in [0.25, 0.3) is 0 Å². The van der Waals surface area contributed by atoms with E-state index in [0.717, 1.165) is 0 Å². The molecule has 0 aromatic rings. The van der Waals surface area contributed by atoms with Gasteiger partial charge >= 0.3 is 6.04 Å². The Balaban J connectivity index is 3.90. The van der Waals surface area contributed by atoms with Crippen LogP contribution in [-0.4, -0.2) is 6.04 Å². The highest BCUT2D eigenvalue weighted by atomic mass is 19.1. The van der Waals surface area contributed by atoms with Gasteiger partial charge in [0.1, 0.15) is 11.6 Å². The molecule has 0 N–H and O–H groups in total. The molecule has 0 spiro atoms. The Morgan fingerprint density at radius 1 is 1.86 bits per heavy atom. The van der Waals surface area contributed by atoms with Crippen LogP contribution in [0.4, 0.5) is 4.39 Å². The Labute approximate surface area is 39.9 Å². The number of carbonyl (C=O) groups is 1. The van der Waals surface area contributed by atoms with Crippen molar-refractivity contribution in [3.05, 3.63) is 12.2 Å². The van der Waals surface area contributed by atoms with Crippen molar-refractivity contribution >= 4 is 6.04 Å². The topological polar surface area (TPSA) is 40.9 Å². The molecule has 0 atom stereocenters. The zero-order chi connectivity index (χ0) is 5.86. The summed E-state index contributed by atoms with van der Waals surface area (Å²) in [4.78, 5) is 9.39. The van der Waals surface area contributed by atoms with Crippen molar-refractivity contribution in [2.24, 2.45) is 0 Å². The van der Waals surface area contributed by atoms with Crippen LogP contribution in [0.1, 0.15) is 0 Å². The number of allylic oxidation sites excluding steroid dienone is 1. The standard InChI is InChI=1S/C4H2FNO/c1-3(2-6)4(5)7/h1H2. The van der Waals surface area contributed by atoms with Crippen LogP contribution in [-0.2, 0) is 4.79 Å². The summed E-state index contributed by atoms with van der Waals surface area (Å²) in [7, 11) is 0. The van der Waals surface area contributed by atoms with Crippen LogP contribution in [0.2, 0.25) is 0 Å². The molecule has 0 aliphatic heterocycles. The Kier molecular flexibility index (Phi) is 1.74. The largest absolute Gasteiger partial charge is 0.341 e. The van der Waals surface area contributed by atoms with Gasteiger partial charge in [-0.15, -0.1) is 0 Å². The number of hydrogen-bond donors (Lipinski definition) is 0. The molecule has 0 aromatic carbocycles. The predicted octanol–water partition coefficient (Wildman–Crippen LogP) is 0.562. The van der Waals surface area contributed by atoms with E-state index in [2.05, 4.69) is 6.58 Å². The smallest absolute Gasteiger partial charge is 0.255 e. The third-order valence-electron chi connectivity index (χ3n) is 0.372. The van der Waals surface area contributed by atoms with Gasteiger partial charge in [0, 0.05) is 0 Å². The first kappa shape index (κ1) is 5.83. The van der Waals surface area contributed by atoms with Crippen LogP contribution >= 0.6 is 0 Å². The third kappa shape index (κ3) is 1.66. The summed E-state index contributed by atoms with van der Waals surface area (Å²) < 4.78 is 11.1. The molecule has 0 rings (SSSR count). The molecule has 0 saturated carbocycles. The van der Waals surface area contributed by atoms with Gasteiger partial charge < -0.3 is 0 Å². The lowest BCUT2D eigenvalue weighted by molar-refractivity contribution is -0.124. The van der Waals surface area contributed by atoms with Gasteiger partial charge in [-0.1, -0.05) is 6.58 Å². The minimum atomic E-state index is -1.76. The first-order valence-electron chi connectivity index (χ1n) is 1.47. The number of nitriles is 1. The molecule has 7 heavy (non-hydrogen) atoms. The summed E-state index contributed by atoms with van der Waals surface area (Å²) in [6, 6.07) is -0.516. The maximum absolute atomic E-state index is 11.1. The highest BCUT2D eigenvalue weighted by molar-refractivity contribution is 5.90. The Hall–Kier alpha value is -1.17. The Bertz CT molecular complexity index is 144. The van der Waals surface area contributed by atoms with Crippen molar-refractivity contribution in [1.82, 2.24) is 0 Å². The van der Waals surface area contributed by atoms with Crippen molar-refractivity contribution in [3.8, 4) is 6.07 Å². The van der Waals surface area contributed by atoms with Gasteiger partial charge in [0.05, 0.1) is 0 Å². The van der Waals surface area contributed by atoms with Gasteiger partial charge in [-0.25, -0.2) is 0 Å². The number of hydrogen-bond acceptors (Lipinski definition) is 2. The number of nitrogens with zero attached hydrogens (tertiary/aromatic N) is 1. The van der Waals surface area contributed by atoms with Crippen molar-refractivity contribution < 1.29 is 9.18 Å². The Morgan fingerprint density at radius 2 is 2.29 bits per heavy atom. The Morgan fingerprint density at radius 3 is 2.29 bits per heavy atom. The third-order valence-corrected chi connectivity index (χ3v) is 0.372. The summed E-state index contributed by atoms with van der Waals surface area (Å²) in [6.45, 7) is 2.79. The van der Waals surface area contributed by atoms with Crippen molar-refractivity contribution in [2.75, 3.05) is 0 Å². The fourth-order valence-electron chi connectivity index (χ4n) is 0.0440. The summed E-state index contributed by atoms with van der Waals surface area (Å²) in [5.74, 6) is 0. The molecular formula is C4H2FNO. The van der Waals surface area contributed by atoms with Crippen LogP contribution in [0.15, 0.2) is 12.2 Å². The molecule has 0 heterocycles. The van der Waals surface area contributed by atoms with E-state index in [1.165, 1.54) is 6.07 Å². The molecule has 36 valence electrons. The zero-order valence-corrected chi connectivity index (χ0v) is 3.44. The minimum Gasteiger partial charge on any atom is -0.255 e. The second kappa shape index (κ2) is 2.08. The first-order valence-corrected chi connectivity index (χ1v) is 1.47. The molecule has 0 aliphatic rings. The molecule has 0 amide bonds. The monoisotopic (exact) mass is 99.0 g/mol. The maximum atomic E-state index is 11.1. The zero-order valence-electron chi connectivity index (χ0n) is 3.44. The maximum Gasteiger partial charge on any atom is 0.341 e. The summed E-state index contributed by atoms with van der Waals surface area (Å²) in [5.41, 5.74) is -0.653. The van der Waals surface area contributed by atoms with Crippen molar-refractivity contribution in [3.63, 3.8) is 0 Å². The first-order chi connectivity index (χ1) is 3.18. The predicted molar refractivity (Wildman–Crippen MR) is 20.9 cm³/mol. The number of carbonyl (C=O) groups excluding carboxylic acids is 1. The van der Waals surface area contributed by atoms with Crippen LogP contribution in [0.5, 0.6) is 0 Å². The van der Waals surface area contributed by atoms with Gasteiger partial charge in [-0.2, -0.15) is 9.65 Å².